The van der Waals surface area contributed by atoms with Gasteiger partial charge in [-0.25, -0.2) is 15.0 Å². The molecule has 1 fully saturated rings. The van der Waals surface area contributed by atoms with E-state index in [1.807, 2.05) is 0 Å². The lowest BCUT2D eigenvalue weighted by Crippen LogP contribution is -2.40. The van der Waals surface area contributed by atoms with E-state index in [1.54, 1.807) is 10.9 Å². The zero-order chi connectivity index (χ0) is 20.8. The first-order chi connectivity index (χ1) is 13.3. The molecule has 0 bridgehead atoms. The van der Waals surface area contributed by atoms with Gasteiger partial charge in [-0.15, -0.1) is 0 Å². The van der Waals surface area contributed by atoms with Crippen LogP contribution in [0.15, 0.2) is 12.7 Å². The first kappa shape index (κ1) is 22.0. The molecule has 28 heavy (non-hydrogen) atoms. The average Bonchev–Trinajstić information content (AvgIpc) is 3.30. The van der Waals surface area contributed by atoms with E-state index in [0.717, 1.165) is 0 Å². The summed E-state index contributed by atoms with van der Waals surface area (Å²) in [4.78, 5) is 21.9. The predicted octanol–water partition coefficient (Wildman–Crippen LogP) is -3.69. The second-order valence-electron chi connectivity index (χ2n) is 6.06. The maximum atomic E-state index is 9.76. The average molecular weight is 401 g/mol. The lowest BCUT2D eigenvalue weighted by molar-refractivity contribution is -0.127. The van der Waals surface area contributed by atoms with Crippen LogP contribution in [0.25, 0.3) is 11.2 Å². The van der Waals surface area contributed by atoms with Crippen LogP contribution in [-0.4, -0.2) is 100 Å². The van der Waals surface area contributed by atoms with Gasteiger partial charge in [0.2, 0.25) is 0 Å². The molecule has 1 saturated heterocycles. The molecule has 0 spiro atoms. The smallest absolute Gasteiger partial charge is 0.167 e. The summed E-state index contributed by atoms with van der Waals surface area (Å²) in [7, 11) is 0. The second kappa shape index (κ2) is 9.79. The summed E-state index contributed by atoms with van der Waals surface area (Å²) in [5.74, 6) is 0.302. The van der Waals surface area contributed by atoms with Crippen molar-refractivity contribution in [2.45, 2.75) is 43.2 Å². The van der Waals surface area contributed by atoms with Crippen molar-refractivity contribution < 1.29 is 40.2 Å². The third-order valence-electron chi connectivity index (χ3n) is 4.15. The summed E-state index contributed by atoms with van der Waals surface area (Å²) in [5.41, 5.74) is 6.75. The maximum absolute atomic E-state index is 9.76. The fourth-order valence-corrected chi connectivity index (χ4v) is 2.55. The Morgan fingerprint density at radius 1 is 1.29 bits per heavy atom. The lowest BCUT2D eigenvalue weighted by atomic mass is 10.1. The Bertz CT molecular complexity index is 774. The van der Waals surface area contributed by atoms with Crippen LogP contribution >= 0.6 is 0 Å². The van der Waals surface area contributed by atoms with E-state index in [2.05, 4.69) is 15.0 Å². The molecule has 1 aliphatic heterocycles. The number of hydrogen-bond acceptors (Lipinski definition) is 12. The molecule has 2 aromatic heterocycles. The molecule has 0 amide bonds. The standard InChI is InChI=1S/C10H13N5O3.C5H10O5/c11-9-8-10(13-3-12-9)15(4-14-8)7-1-5(17)6(2-16)18-7;6-1-3(8)5(10)4(9)2-7/h3-7,16-17H,1-2H2,(H2,11,12,13);1,3-5,7-10H,2H2/t5-,6+,7+;/m0./s1. The van der Waals surface area contributed by atoms with Crippen LogP contribution < -0.4 is 5.73 Å². The fraction of sp³-hybridized carbons (Fsp3) is 0.600. The molecule has 6 atom stereocenters. The van der Waals surface area contributed by atoms with Crippen molar-refractivity contribution >= 4 is 23.3 Å². The summed E-state index contributed by atoms with van der Waals surface area (Å²) in [6.07, 6.45) is -3.04. The molecule has 3 unspecified atom stereocenters. The molecule has 2 aromatic rings. The highest BCUT2D eigenvalue weighted by atomic mass is 16.5. The van der Waals surface area contributed by atoms with Crippen LogP contribution in [-0.2, 0) is 9.53 Å². The number of aromatic nitrogens is 4. The summed E-state index contributed by atoms with van der Waals surface area (Å²) in [6.45, 7) is -0.909. The van der Waals surface area contributed by atoms with Gasteiger partial charge in [-0.2, -0.15) is 0 Å². The van der Waals surface area contributed by atoms with Crippen LogP contribution in [0, 0.1) is 0 Å². The van der Waals surface area contributed by atoms with Crippen LogP contribution in [0.5, 0.6) is 0 Å². The van der Waals surface area contributed by atoms with Gasteiger partial charge in [0.15, 0.2) is 17.8 Å². The van der Waals surface area contributed by atoms with Crippen LogP contribution in [0.2, 0.25) is 0 Å². The Balaban J connectivity index is 0.000000242. The first-order valence-electron chi connectivity index (χ1n) is 8.31. The van der Waals surface area contributed by atoms with Gasteiger partial charge < -0.3 is 45.9 Å². The van der Waals surface area contributed by atoms with Crippen LogP contribution in [0.1, 0.15) is 12.6 Å². The van der Waals surface area contributed by atoms with Gasteiger partial charge in [0.1, 0.15) is 42.5 Å². The highest BCUT2D eigenvalue weighted by Crippen LogP contribution is 2.30. The van der Waals surface area contributed by atoms with Crippen molar-refractivity contribution in [2.75, 3.05) is 18.9 Å². The molecule has 0 aromatic carbocycles. The molecule has 3 rings (SSSR count). The summed E-state index contributed by atoms with van der Waals surface area (Å²) in [6, 6.07) is 0. The molecule has 8 N–H and O–H groups in total. The van der Waals surface area contributed by atoms with Gasteiger partial charge in [0.05, 0.1) is 25.6 Å². The molecule has 0 saturated carbocycles. The molecular formula is C15H23N5O8. The molecule has 13 nitrogen and oxygen atoms in total. The van der Waals surface area contributed by atoms with Crippen molar-refractivity contribution in [3.05, 3.63) is 12.7 Å². The number of nitrogens with two attached hydrogens (primary N) is 1. The second-order valence-corrected chi connectivity index (χ2v) is 6.06. The molecule has 0 aliphatic carbocycles. The zero-order valence-corrected chi connectivity index (χ0v) is 14.7. The van der Waals surface area contributed by atoms with Crippen LogP contribution in [0.3, 0.4) is 0 Å². The third-order valence-corrected chi connectivity index (χ3v) is 4.15. The van der Waals surface area contributed by atoms with Gasteiger partial charge >= 0.3 is 0 Å². The predicted molar refractivity (Wildman–Crippen MR) is 92.5 cm³/mol. The van der Waals surface area contributed by atoms with Gasteiger partial charge in [0.25, 0.3) is 0 Å². The highest BCUT2D eigenvalue weighted by Gasteiger charge is 2.35. The number of rotatable bonds is 6. The number of imidazole rings is 1. The van der Waals surface area contributed by atoms with E-state index in [-0.39, 0.29) is 12.9 Å². The number of aliphatic hydroxyl groups is 6. The van der Waals surface area contributed by atoms with Crippen LogP contribution in [0.4, 0.5) is 5.82 Å². The Morgan fingerprint density at radius 2 is 2.00 bits per heavy atom. The van der Waals surface area contributed by atoms with E-state index in [4.69, 9.17) is 36.0 Å². The number of hydrogen-bond donors (Lipinski definition) is 7. The Kier molecular flexibility index (Phi) is 7.70. The van der Waals surface area contributed by atoms with E-state index in [9.17, 15) is 9.90 Å². The number of aliphatic hydroxyl groups excluding tert-OH is 6. The molecule has 0 radical (unpaired) electrons. The normalized spacial score (nSPS) is 25.0. The van der Waals surface area contributed by atoms with Gasteiger partial charge in [-0.3, -0.25) is 4.57 Å². The SMILES string of the molecule is Nc1ncnc2c1ncn2[C@H]1C[C@H](O)[C@@H](CO)O1.O=CC(O)C(O)C(O)CO. The minimum atomic E-state index is -1.64. The Hall–Kier alpha value is -2.26. The highest BCUT2D eigenvalue weighted by molar-refractivity contribution is 5.81. The summed E-state index contributed by atoms with van der Waals surface area (Å²) in [5, 5.41) is 52.8. The van der Waals surface area contributed by atoms with Crippen molar-refractivity contribution in [1.82, 2.24) is 19.5 Å². The van der Waals surface area contributed by atoms with Crippen molar-refractivity contribution in [1.29, 1.82) is 0 Å². The number of anilines is 1. The maximum Gasteiger partial charge on any atom is 0.167 e. The molecule has 1 aliphatic rings. The number of carbonyl (C=O) groups is 1. The van der Waals surface area contributed by atoms with E-state index in [0.29, 0.717) is 23.4 Å². The summed E-state index contributed by atoms with van der Waals surface area (Å²) >= 11 is 0. The lowest BCUT2D eigenvalue weighted by Gasteiger charge is -2.16. The van der Waals surface area contributed by atoms with Gasteiger partial charge in [-0.05, 0) is 0 Å². The third kappa shape index (κ3) is 4.77. The first-order valence-corrected chi connectivity index (χ1v) is 8.31. The Morgan fingerprint density at radius 3 is 2.57 bits per heavy atom. The number of ether oxygens (including phenoxy) is 1. The summed E-state index contributed by atoms with van der Waals surface area (Å²) < 4.78 is 7.22. The minimum absolute atomic E-state index is 0.0869. The number of fused-ring (bicyclic) bond motifs is 1. The molecular weight excluding hydrogens is 378 g/mol. The van der Waals surface area contributed by atoms with E-state index in [1.165, 1.54) is 6.33 Å². The van der Waals surface area contributed by atoms with Gasteiger partial charge in [-0.1, -0.05) is 0 Å². The quantitative estimate of drug-likeness (QED) is 0.233. The fourth-order valence-electron chi connectivity index (χ4n) is 2.55. The number of aldehydes is 1. The molecule has 156 valence electrons. The molecule has 3 heterocycles. The number of nitrogen functional groups attached to an aromatic ring is 1. The van der Waals surface area contributed by atoms with E-state index >= 15 is 0 Å². The molecule has 13 heteroatoms. The van der Waals surface area contributed by atoms with E-state index < -0.39 is 43.4 Å². The monoisotopic (exact) mass is 401 g/mol. The number of carbonyl (C=O) groups excluding carboxylic acids is 1. The minimum Gasteiger partial charge on any atom is -0.394 e. The largest absolute Gasteiger partial charge is 0.394 e. The topological polar surface area (TPSA) is 217 Å². The van der Waals surface area contributed by atoms with Crippen molar-refractivity contribution in [3.8, 4) is 0 Å². The zero-order valence-electron chi connectivity index (χ0n) is 14.7. The number of nitrogens with zero attached hydrogens (tertiary/aromatic N) is 4. The van der Waals surface area contributed by atoms with Gasteiger partial charge in [0, 0.05) is 6.42 Å². The Labute approximate surface area is 158 Å². The van der Waals surface area contributed by atoms with Crippen molar-refractivity contribution in [2.24, 2.45) is 0 Å². The van der Waals surface area contributed by atoms with Crippen molar-refractivity contribution in [3.63, 3.8) is 0 Å².